The molecule has 0 bridgehead atoms. The second-order valence-electron chi connectivity index (χ2n) is 4.99. The molecule has 2 nitrogen and oxygen atoms in total. The Morgan fingerprint density at radius 1 is 1.38 bits per heavy atom. The molecule has 1 unspecified atom stereocenters. The molecule has 0 spiro atoms. The lowest BCUT2D eigenvalue weighted by Crippen LogP contribution is -2.22. The van der Waals surface area contributed by atoms with E-state index in [-0.39, 0.29) is 18.1 Å². The molecule has 0 saturated carbocycles. The number of methoxy groups -OCH3 is 1. The molecule has 1 N–H and O–H groups in total. The smallest absolute Gasteiger partial charge is 0.0583 e. The van der Waals surface area contributed by atoms with Gasteiger partial charge in [-0.1, -0.05) is 38.1 Å². The van der Waals surface area contributed by atoms with Crippen LogP contribution in [0.25, 0.3) is 0 Å². The van der Waals surface area contributed by atoms with Crippen molar-refractivity contribution >= 4 is 0 Å². The summed E-state index contributed by atoms with van der Waals surface area (Å²) in [6, 6.07) is 8.37. The van der Waals surface area contributed by atoms with Crippen LogP contribution in [0.4, 0.5) is 0 Å². The summed E-state index contributed by atoms with van der Waals surface area (Å²) in [4.78, 5) is 0. The van der Waals surface area contributed by atoms with Crippen molar-refractivity contribution in [3.05, 3.63) is 35.4 Å². The SMILES string of the molecule is COC(C)Cc1cccc(C(C)(C)CO)c1. The molecule has 0 aliphatic carbocycles. The summed E-state index contributed by atoms with van der Waals surface area (Å²) in [5.74, 6) is 0. The van der Waals surface area contributed by atoms with E-state index >= 15 is 0 Å². The lowest BCUT2D eigenvalue weighted by Gasteiger charge is -2.23. The summed E-state index contributed by atoms with van der Waals surface area (Å²) in [5.41, 5.74) is 2.26. The van der Waals surface area contributed by atoms with Gasteiger partial charge in [-0.2, -0.15) is 0 Å². The highest BCUT2D eigenvalue weighted by molar-refractivity contribution is 5.29. The quantitative estimate of drug-likeness (QED) is 0.829. The largest absolute Gasteiger partial charge is 0.395 e. The Kier molecular flexibility index (Phi) is 4.51. The zero-order chi connectivity index (χ0) is 12.2. The first-order chi connectivity index (χ1) is 7.49. The fourth-order valence-electron chi connectivity index (χ4n) is 1.63. The normalized spacial score (nSPS) is 13.8. The molecule has 2 heteroatoms. The van der Waals surface area contributed by atoms with Crippen molar-refractivity contribution < 1.29 is 9.84 Å². The molecule has 16 heavy (non-hydrogen) atoms. The predicted octanol–water partition coefficient (Wildman–Crippen LogP) is 2.53. The van der Waals surface area contributed by atoms with E-state index in [1.807, 2.05) is 19.9 Å². The zero-order valence-corrected chi connectivity index (χ0v) is 10.7. The molecule has 0 aliphatic rings. The molecule has 0 heterocycles. The van der Waals surface area contributed by atoms with Crippen LogP contribution < -0.4 is 0 Å². The Balaban J connectivity index is 2.87. The lowest BCUT2D eigenvalue weighted by atomic mass is 9.84. The van der Waals surface area contributed by atoms with Gasteiger partial charge in [-0.25, -0.2) is 0 Å². The number of hydrogen-bond donors (Lipinski definition) is 1. The van der Waals surface area contributed by atoms with Gasteiger partial charge in [0.2, 0.25) is 0 Å². The van der Waals surface area contributed by atoms with Gasteiger partial charge in [0, 0.05) is 12.5 Å². The summed E-state index contributed by atoms with van der Waals surface area (Å²) < 4.78 is 5.26. The number of rotatable bonds is 5. The second kappa shape index (κ2) is 5.46. The molecule has 0 radical (unpaired) electrons. The van der Waals surface area contributed by atoms with E-state index in [0.29, 0.717) is 0 Å². The topological polar surface area (TPSA) is 29.5 Å². The third kappa shape index (κ3) is 3.32. The van der Waals surface area contributed by atoms with E-state index in [1.165, 1.54) is 11.1 Å². The number of hydrogen-bond acceptors (Lipinski definition) is 2. The lowest BCUT2D eigenvalue weighted by molar-refractivity contribution is 0.119. The molecule has 1 atom stereocenters. The Bertz CT molecular complexity index is 331. The minimum Gasteiger partial charge on any atom is -0.395 e. The van der Waals surface area contributed by atoms with E-state index in [0.717, 1.165) is 6.42 Å². The van der Waals surface area contributed by atoms with E-state index in [1.54, 1.807) is 7.11 Å². The van der Waals surface area contributed by atoms with Crippen LogP contribution >= 0.6 is 0 Å². The number of aliphatic hydroxyl groups excluding tert-OH is 1. The summed E-state index contributed by atoms with van der Waals surface area (Å²) >= 11 is 0. The van der Waals surface area contributed by atoms with Crippen molar-refractivity contribution in [1.29, 1.82) is 0 Å². The van der Waals surface area contributed by atoms with Gasteiger partial charge < -0.3 is 9.84 Å². The van der Waals surface area contributed by atoms with Crippen LogP contribution in [0, 0.1) is 0 Å². The van der Waals surface area contributed by atoms with Crippen LogP contribution in [0.15, 0.2) is 24.3 Å². The molecule has 1 aromatic rings. The van der Waals surface area contributed by atoms with Crippen molar-refractivity contribution in [1.82, 2.24) is 0 Å². The first-order valence-electron chi connectivity index (χ1n) is 5.72. The van der Waals surface area contributed by atoms with Crippen LogP contribution in [0.1, 0.15) is 31.9 Å². The van der Waals surface area contributed by atoms with Gasteiger partial charge in [0.15, 0.2) is 0 Å². The molecule has 0 aromatic heterocycles. The Morgan fingerprint density at radius 2 is 2.06 bits per heavy atom. The third-order valence-corrected chi connectivity index (χ3v) is 3.03. The van der Waals surface area contributed by atoms with Crippen LogP contribution in [-0.2, 0) is 16.6 Å². The van der Waals surface area contributed by atoms with Crippen LogP contribution in [0.5, 0.6) is 0 Å². The first-order valence-corrected chi connectivity index (χ1v) is 5.72. The van der Waals surface area contributed by atoms with Gasteiger partial charge in [0.25, 0.3) is 0 Å². The van der Waals surface area contributed by atoms with Gasteiger partial charge in [-0.05, 0) is 24.5 Å². The summed E-state index contributed by atoms with van der Waals surface area (Å²) in [6.45, 7) is 6.32. The maximum absolute atomic E-state index is 9.34. The van der Waals surface area contributed by atoms with E-state index < -0.39 is 0 Å². The monoisotopic (exact) mass is 222 g/mol. The standard InChI is InChI=1S/C14H22O2/c1-11(16-4)8-12-6-5-7-13(9-12)14(2,3)10-15/h5-7,9,11,15H,8,10H2,1-4H3. The summed E-state index contributed by atoms with van der Waals surface area (Å²) in [7, 11) is 1.73. The average Bonchev–Trinajstić information content (AvgIpc) is 2.29. The Hall–Kier alpha value is -0.860. The van der Waals surface area contributed by atoms with Crippen LogP contribution in [-0.4, -0.2) is 24.9 Å². The molecule has 0 fully saturated rings. The van der Waals surface area contributed by atoms with Gasteiger partial charge in [0.1, 0.15) is 0 Å². The summed E-state index contributed by atoms with van der Waals surface area (Å²) in [5, 5.41) is 9.34. The second-order valence-corrected chi connectivity index (χ2v) is 4.99. The van der Waals surface area contributed by atoms with Gasteiger partial charge in [0.05, 0.1) is 12.7 Å². The summed E-state index contributed by atoms with van der Waals surface area (Å²) in [6.07, 6.45) is 1.14. The third-order valence-electron chi connectivity index (χ3n) is 3.03. The first kappa shape index (κ1) is 13.2. The molecule has 90 valence electrons. The van der Waals surface area contributed by atoms with Gasteiger partial charge >= 0.3 is 0 Å². The maximum atomic E-state index is 9.34. The van der Waals surface area contributed by atoms with Crippen LogP contribution in [0.2, 0.25) is 0 Å². The molecule has 0 amide bonds. The van der Waals surface area contributed by atoms with Gasteiger partial charge in [-0.15, -0.1) is 0 Å². The molecule has 1 rings (SSSR count). The maximum Gasteiger partial charge on any atom is 0.0583 e. The van der Waals surface area contributed by atoms with E-state index in [9.17, 15) is 5.11 Å². The molecule has 0 aliphatic heterocycles. The van der Waals surface area contributed by atoms with E-state index in [2.05, 4.69) is 25.1 Å². The van der Waals surface area contributed by atoms with Gasteiger partial charge in [-0.3, -0.25) is 0 Å². The highest BCUT2D eigenvalue weighted by Gasteiger charge is 2.19. The van der Waals surface area contributed by atoms with Crippen molar-refractivity contribution in [2.75, 3.05) is 13.7 Å². The van der Waals surface area contributed by atoms with Crippen molar-refractivity contribution in [3.8, 4) is 0 Å². The molecule has 0 saturated heterocycles. The predicted molar refractivity (Wildman–Crippen MR) is 66.7 cm³/mol. The fourth-order valence-corrected chi connectivity index (χ4v) is 1.63. The molecular formula is C14H22O2. The minimum atomic E-state index is -0.174. The number of ether oxygens (including phenoxy) is 1. The van der Waals surface area contributed by atoms with Crippen molar-refractivity contribution in [2.45, 2.75) is 38.7 Å². The fraction of sp³-hybridized carbons (Fsp3) is 0.571. The molecule has 1 aromatic carbocycles. The average molecular weight is 222 g/mol. The highest BCUT2D eigenvalue weighted by atomic mass is 16.5. The van der Waals surface area contributed by atoms with Crippen molar-refractivity contribution in [2.24, 2.45) is 0 Å². The zero-order valence-electron chi connectivity index (χ0n) is 10.7. The van der Waals surface area contributed by atoms with Crippen LogP contribution in [0.3, 0.4) is 0 Å². The highest BCUT2D eigenvalue weighted by Crippen LogP contribution is 2.23. The Labute approximate surface area is 98.3 Å². The number of benzene rings is 1. The molecular weight excluding hydrogens is 200 g/mol. The Morgan fingerprint density at radius 3 is 2.62 bits per heavy atom. The van der Waals surface area contributed by atoms with Crippen molar-refractivity contribution in [3.63, 3.8) is 0 Å². The number of aliphatic hydroxyl groups is 1. The minimum absolute atomic E-state index is 0.163. The van der Waals surface area contributed by atoms with E-state index in [4.69, 9.17) is 4.74 Å².